The number of aromatic nitrogens is 5. The zero-order valence-corrected chi connectivity index (χ0v) is 13.9. The van der Waals surface area contributed by atoms with Gasteiger partial charge in [0.1, 0.15) is 5.82 Å². The molecule has 0 aliphatic carbocycles. The molecule has 0 bridgehead atoms. The quantitative estimate of drug-likeness (QED) is 0.490. The highest BCUT2D eigenvalue weighted by Gasteiger charge is 2.10. The lowest BCUT2D eigenvalue weighted by molar-refractivity contribution is 0.189. The van der Waals surface area contributed by atoms with Gasteiger partial charge in [0.05, 0.1) is 16.7 Å². The van der Waals surface area contributed by atoms with E-state index in [-0.39, 0.29) is 11.2 Å². The summed E-state index contributed by atoms with van der Waals surface area (Å²) in [5.74, 6) is 0.955. The lowest BCUT2D eigenvalue weighted by Crippen LogP contribution is -2.18. The minimum atomic E-state index is -0.256. The van der Waals surface area contributed by atoms with E-state index in [4.69, 9.17) is 4.74 Å². The maximum absolute atomic E-state index is 12.1. The molecule has 0 spiro atoms. The van der Waals surface area contributed by atoms with Crippen LogP contribution >= 0.6 is 11.8 Å². The number of para-hydroxylation sites is 1. The molecular weight excluding hydrogens is 330 g/mol. The first-order chi connectivity index (χ1) is 11.7. The van der Waals surface area contributed by atoms with Gasteiger partial charge < -0.3 is 9.72 Å². The number of hydrogen-bond acceptors (Lipinski definition) is 6. The van der Waals surface area contributed by atoms with Crippen LogP contribution in [-0.2, 0) is 17.0 Å². The summed E-state index contributed by atoms with van der Waals surface area (Å²) in [6.07, 6.45) is 0.717. The second-order valence-corrected chi connectivity index (χ2v) is 6.07. The van der Waals surface area contributed by atoms with Gasteiger partial charge in [-0.1, -0.05) is 23.9 Å². The van der Waals surface area contributed by atoms with Crippen molar-refractivity contribution in [2.45, 2.75) is 23.9 Å². The third-order valence-corrected chi connectivity index (χ3v) is 4.44. The molecular formula is C15H17N5O3S. The van der Waals surface area contributed by atoms with Crippen molar-refractivity contribution in [1.29, 1.82) is 0 Å². The molecule has 8 nitrogen and oxygen atoms in total. The summed E-state index contributed by atoms with van der Waals surface area (Å²) in [5.41, 5.74) is 0.223. The molecule has 0 saturated heterocycles. The van der Waals surface area contributed by atoms with Crippen molar-refractivity contribution in [3.63, 3.8) is 0 Å². The minimum absolute atomic E-state index is 0.171. The molecule has 2 heterocycles. The van der Waals surface area contributed by atoms with Crippen LogP contribution in [0, 0.1) is 0 Å². The first-order valence-electron chi connectivity index (χ1n) is 7.44. The van der Waals surface area contributed by atoms with Crippen LogP contribution in [0.1, 0.15) is 12.2 Å². The zero-order valence-electron chi connectivity index (χ0n) is 13.1. The van der Waals surface area contributed by atoms with Crippen LogP contribution in [0.3, 0.4) is 0 Å². The van der Waals surface area contributed by atoms with Gasteiger partial charge in [0, 0.05) is 20.3 Å². The molecule has 24 heavy (non-hydrogen) atoms. The molecule has 2 N–H and O–H groups in total. The molecule has 9 heteroatoms. The highest BCUT2D eigenvalue weighted by atomic mass is 32.2. The molecule has 1 aromatic carbocycles. The minimum Gasteiger partial charge on any atom is -0.385 e. The maximum Gasteiger partial charge on any atom is 0.343 e. The standard InChI is InChI=1S/C15H17N5O3S/c1-23-8-4-7-20-14(22)18-19-15(20)24-9-12-16-11-6-3-2-5-10(11)13(21)17-12/h2-3,5-6H,4,7-9H2,1H3,(H,18,22)(H,16,17,21). The van der Waals surface area contributed by atoms with Crippen molar-refractivity contribution in [3.8, 4) is 0 Å². The van der Waals surface area contributed by atoms with Crippen molar-refractivity contribution in [2.75, 3.05) is 13.7 Å². The second kappa shape index (κ2) is 7.45. The van der Waals surface area contributed by atoms with Crippen LogP contribution in [0.25, 0.3) is 10.9 Å². The molecule has 0 unspecified atom stereocenters. The number of thioether (sulfide) groups is 1. The SMILES string of the molecule is COCCCn1c(SCc2nc3ccccc3c(=O)[nH]2)n[nH]c1=O. The Labute approximate surface area is 141 Å². The topological polar surface area (TPSA) is 106 Å². The number of H-pyrrole nitrogens is 2. The predicted octanol–water partition coefficient (Wildman–Crippen LogP) is 1.14. The summed E-state index contributed by atoms with van der Waals surface area (Å²) in [6.45, 7) is 1.09. The monoisotopic (exact) mass is 347 g/mol. The third-order valence-electron chi connectivity index (χ3n) is 3.45. The van der Waals surface area contributed by atoms with E-state index in [9.17, 15) is 9.59 Å². The Kier molecular flexibility index (Phi) is 5.11. The van der Waals surface area contributed by atoms with Gasteiger partial charge >= 0.3 is 5.69 Å². The number of rotatable bonds is 7. The Hall–Kier alpha value is -2.39. The summed E-state index contributed by atoms with van der Waals surface area (Å²) in [4.78, 5) is 31.1. The second-order valence-electron chi connectivity index (χ2n) is 5.13. The Morgan fingerprint density at radius 1 is 1.29 bits per heavy atom. The average molecular weight is 347 g/mol. The molecule has 0 aliphatic rings. The summed E-state index contributed by atoms with van der Waals surface area (Å²) in [7, 11) is 1.62. The van der Waals surface area contributed by atoms with Crippen molar-refractivity contribution >= 4 is 22.7 Å². The van der Waals surface area contributed by atoms with Crippen LogP contribution in [0.15, 0.2) is 39.0 Å². The largest absolute Gasteiger partial charge is 0.385 e. The number of hydrogen-bond donors (Lipinski definition) is 2. The smallest absolute Gasteiger partial charge is 0.343 e. The number of nitrogens with zero attached hydrogens (tertiary/aromatic N) is 3. The van der Waals surface area contributed by atoms with Crippen molar-refractivity contribution in [3.05, 3.63) is 50.9 Å². The summed E-state index contributed by atoms with van der Waals surface area (Å²) in [5, 5.41) is 7.59. The van der Waals surface area contributed by atoms with Crippen LogP contribution in [0.4, 0.5) is 0 Å². The van der Waals surface area contributed by atoms with E-state index in [0.29, 0.717) is 47.2 Å². The summed E-state index contributed by atoms with van der Waals surface area (Å²) < 4.78 is 6.56. The molecule has 0 amide bonds. The number of fused-ring (bicyclic) bond motifs is 1. The predicted molar refractivity (Wildman–Crippen MR) is 91.3 cm³/mol. The maximum atomic E-state index is 12.1. The van der Waals surface area contributed by atoms with Gasteiger partial charge in [0.25, 0.3) is 5.56 Å². The number of ether oxygens (including phenoxy) is 1. The molecule has 2 aromatic heterocycles. The molecule has 126 valence electrons. The molecule has 0 saturated carbocycles. The Morgan fingerprint density at radius 3 is 2.96 bits per heavy atom. The number of nitrogens with one attached hydrogen (secondary N) is 2. The van der Waals surface area contributed by atoms with Crippen molar-refractivity contribution in [1.82, 2.24) is 24.7 Å². The molecule has 3 aromatic rings. The van der Waals surface area contributed by atoms with Gasteiger partial charge in [-0.15, -0.1) is 5.10 Å². The number of aromatic amines is 2. The highest BCUT2D eigenvalue weighted by Crippen LogP contribution is 2.18. The molecule has 0 aliphatic heterocycles. The van der Waals surface area contributed by atoms with Crippen LogP contribution in [0.5, 0.6) is 0 Å². The average Bonchev–Trinajstić information content (AvgIpc) is 2.94. The Bertz CT molecular complexity index is 946. The molecule has 0 fully saturated rings. The fraction of sp³-hybridized carbons (Fsp3) is 0.333. The van der Waals surface area contributed by atoms with Crippen molar-refractivity contribution in [2.24, 2.45) is 0 Å². The zero-order chi connectivity index (χ0) is 16.9. The van der Waals surface area contributed by atoms with E-state index in [0.717, 1.165) is 0 Å². The summed E-state index contributed by atoms with van der Waals surface area (Å²) >= 11 is 1.34. The van der Waals surface area contributed by atoms with Gasteiger partial charge in [-0.25, -0.2) is 14.9 Å². The van der Waals surface area contributed by atoms with Crippen LogP contribution in [-0.4, -0.2) is 38.4 Å². The first kappa shape index (κ1) is 16.5. The lowest BCUT2D eigenvalue weighted by atomic mass is 10.2. The Morgan fingerprint density at radius 2 is 2.12 bits per heavy atom. The fourth-order valence-corrected chi connectivity index (χ4v) is 3.16. The van der Waals surface area contributed by atoms with Gasteiger partial charge in [-0.05, 0) is 18.6 Å². The van der Waals surface area contributed by atoms with E-state index in [1.807, 2.05) is 6.07 Å². The highest BCUT2D eigenvalue weighted by molar-refractivity contribution is 7.98. The molecule has 0 atom stereocenters. The van der Waals surface area contributed by atoms with E-state index in [1.54, 1.807) is 29.9 Å². The fourth-order valence-electron chi connectivity index (χ4n) is 2.31. The Balaban J connectivity index is 1.77. The van der Waals surface area contributed by atoms with E-state index in [1.165, 1.54) is 11.8 Å². The van der Waals surface area contributed by atoms with Gasteiger partial charge in [-0.3, -0.25) is 9.36 Å². The van der Waals surface area contributed by atoms with Crippen LogP contribution < -0.4 is 11.2 Å². The third kappa shape index (κ3) is 3.57. The molecule has 3 rings (SSSR count). The summed E-state index contributed by atoms with van der Waals surface area (Å²) in [6, 6.07) is 7.18. The van der Waals surface area contributed by atoms with Gasteiger partial charge in [0.2, 0.25) is 0 Å². The van der Waals surface area contributed by atoms with E-state index >= 15 is 0 Å². The van der Waals surface area contributed by atoms with Crippen LogP contribution in [0.2, 0.25) is 0 Å². The number of benzene rings is 1. The lowest BCUT2D eigenvalue weighted by Gasteiger charge is -2.05. The van der Waals surface area contributed by atoms with Gasteiger partial charge in [0.15, 0.2) is 5.16 Å². The van der Waals surface area contributed by atoms with E-state index in [2.05, 4.69) is 20.2 Å². The van der Waals surface area contributed by atoms with Gasteiger partial charge in [-0.2, -0.15) is 0 Å². The first-order valence-corrected chi connectivity index (χ1v) is 8.42. The number of methoxy groups -OCH3 is 1. The van der Waals surface area contributed by atoms with E-state index < -0.39 is 0 Å². The molecule has 0 radical (unpaired) electrons. The van der Waals surface area contributed by atoms with Crippen molar-refractivity contribution < 1.29 is 4.74 Å². The normalized spacial score (nSPS) is 11.2.